The Morgan fingerprint density at radius 2 is 2.17 bits per heavy atom. The van der Waals surface area contributed by atoms with Crippen molar-refractivity contribution < 1.29 is 14.3 Å². The van der Waals surface area contributed by atoms with Crippen molar-refractivity contribution in [3.05, 3.63) is 16.0 Å². The molecular formula is C15H20N2O3S3. The number of rotatable bonds is 6. The van der Waals surface area contributed by atoms with Crippen molar-refractivity contribution in [2.24, 2.45) is 4.99 Å². The number of hydrogen-bond acceptors (Lipinski definition) is 7. The lowest BCUT2D eigenvalue weighted by Gasteiger charge is -2.07. The Balaban J connectivity index is 2.08. The van der Waals surface area contributed by atoms with Gasteiger partial charge in [0.05, 0.1) is 24.5 Å². The molecule has 0 fully saturated rings. The van der Waals surface area contributed by atoms with Crippen LogP contribution in [0.2, 0.25) is 0 Å². The normalized spacial score (nSPS) is 13.8. The van der Waals surface area contributed by atoms with Crippen molar-refractivity contribution in [2.45, 2.75) is 27.2 Å². The van der Waals surface area contributed by atoms with Crippen LogP contribution in [0.5, 0.6) is 0 Å². The average molecular weight is 373 g/mol. The van der Waals surface area contributed by atoms with Crippen molar-refractivity contribution in [3.8, 4) is 0 Å². The van der Waals surface area contributed by atoms with Gasteiger partial charge in [0.25, 0.3) is 0 Å². The molecule has 8 heteroatoms. The van der Waals surface area contributed by atoms with E-state index >= 15 is 0 Å². The number of aliphatic imine (C=N–C) groups is 1. The summed E-state index contributed by atoms with van der Waals surface area (Å²) in [7, 11) is 0. The second kappa shape index (κ2) is 8.75. The summed E-state index contributed by atoms with van der Waals surface area (Å²) in [6.07, 6.45) is 0.820. The predicted molar refractivity (Wildman–Crippen MR) is 100 cm³/mol. The third-order valence-corrected chi connectivity index (χ3v) is 6.79. The highest BCUT2D eigenvalue weighted by atomic mass is 32.2. The summed E-state index contributed by atoms with van der Waals surface area (Å²) in [6, 6.07) is 0. The number of nitrogens with one attached hydrogen (secondary N) is 1. The maximum Gasteiger partial charge on any atom is 0.341 e. The zero-order chi connectivity index (χ0) is 16.8. The first kappa shape index (κ1) is 18.4. The van der Waals surface area contributed by atoms with Crippen LogP contribution in [0, 0.1) is 6.92 Å². The lowest BCUT2D eigenvalue weighted by atomic mass is 10.1. The van der Waals surface area contributed by atoms with Crippen LogP contribution in [0.4, 0.5) is 5.00 Å². The molecule has 1 aliphatic heterocycles. The minimum Gasteiger partial charge on any atom is -0.462 e. The third-order valence-electron chi connectivity index (χ3n) is 3.18. The van der Waals surface area contributed by atoms with Crippen LogP contribution < -0.4 is 5.32 Å². The molecule has 1 aromatic rings. The molecule has 5 nitrogen and oxygen atoms in total. The van der Waals surface area contributed by atoms with Gasteiger partial charge in [0.1, 0.15) is 9.38 Å². The van der Waals surface area contributed by atoms with Gasteiger partial charge in [-0.15, -0.1) is 11.3 Å². The van der Waals surface area contributed by atoms with E-state index in [4.69, 9.17) is 4.74 Å². The van der Waals surface area contributed by atoms with Gasteiger partial charge in [-0.05, 0) is 25.8 Å². The fraction of sp³-hybridized carbons (Fsp3) is 0.533. The Labute approximate surface area is 148 Å². The molecular weight excluding hydrogens is 352 g/mol. The first-order valence-electron chi connectivity index (χ1n) is 7.46. The molecule has 2 rings (SSSR count). The summed E-state index contributed by atoms with van der Waals surface area (Å²) in [6.45, 7) is 6.84. The Kier molecular flexibility index (Phi) is 6.98. The highest BCUT2D eigenvalue weighted by Crippen LogP contribution is 2.34. The number of nitrogens with zero attached hydrogens (tertiary/aromatic N) is 1. The van der Waals surface area contributed by atoms with Gasteiger partial charge in [0.2, 0.25) is 5.91 Å². The number of aryl methyl sites for hydroxylation is 1. The van der Waals surface area contributed by atoms with Crippen LogP contribution >= 0.6 is 34.9 Å². The number of thioether (sulfide) groups is 2. The van der Waals surface area contributed by atoms with Crippen molar-refractivity contribution in [1.29, 1.82) is 0 Å². The van der Waals surface area contributed by atoms with Gasteiger partial charge in [-0.1, -0.05) is 30.4 Å². The molecule has 0 unspecified atom stereocenters. The SMILES string of the molecule is CCOC(=O)c1c(NC(=O)CSC2=NCCS2)sc(CC)c1C. The highest BCUT2D eigenvalue weighted by Gasteiger charge is 2.23. The number of anilines is 1. The standard InChI is InChI=1S/C15H20N2O3S3/c1-4-10-9(3)12(14(19)20-5-2)13(23-10)17-11(18)8-22-15-16-6-7-21-15/h4-8H2,1-3H3,(H,17,18). The smallest absolute Gasteiger partial charge is 0.341 e. The van der Waals surface area contributed by atoms with E-state index in [-0.39, 0.29) is 11.9 Å². The van der Waals surface area contributed by atoms with E-state index in [0.717, 1.165) is 33.5 Å². The molecule has 0 spiro atoms. The van der Waals surface area contributed by atoms with Gasteiger partial charge in [0, 0.05) is 10.6 Å². The number of amides is 1. The molecule has 0 saturated carbocycles. The lowest BCUT2D eigenvalue weighted by molar-refractivity contribution is -0.113. The van der Waals surface area contributed by atoms with Crippen LogP contribution in [0.25, 0.3) is 0 Å². The van der Waals surface area contributed by atoms with Gasteiger partial charge >= 0.3 is 5.97 Å². The van der Waals surface area contributed by atoms with Gasteiger partial charge < -0.3 is 10.1 Å². The van der Waals surface area contributed by atoms with Gasteiger partial charge in [-0.3, -0.25) is 9.79 Å². The molecule has 1 aromatic heterocycles. The Morgan fingerprint density at radius 1 is 1.39 bits per heavy atom. The summed E-state index contributed by atoms with van der Waals surface area (Å²) in [5, 5.41) is 3.45. The number of ether oxygens (including phenoxy) is 1. The van der Waals surface area contributed by atoms with E-state index in [1.807, 2.05) is 13.8 Å². The summed E-state index contributed by atoms with van der Waals surface area (Å²) in [5.74, 6) is 0.784. The van der Waals surface area contributed by atoms with Crippen LogP contribution in [-0.2, 0) is 16.0 Å². The Bertz CT molecular complexity index is 626. The number of thiophene rings is 1. The van der Waals surface area contributed by atoms with E-state index < -0.39 is 0 Å². The van der Waals surface area contributed by atoms with E-state index in [1.54, 1.807) is 18.7 Å². The number of hydrogen-bond donors (Lipinski definition) is 1. The Hall–Kier alpha value is -0.990. The zero-order valence-corrected chi connectivity index (χ0v) is 15.9. The van der Waals surface area contributed by atoms with Crippen molar-refractivity contribution >= 4 is 56.1 Å². The largest absolute Gasteiger partial charge is 0.462 e. The topological polar surface area (TPSA) is 67.8 Å². The molecule has 126 valence electrons. The number of carbonyl (C=O) groups is 2. The molecule has 1 amide bonds. The monoisotopic (exact) mass is 372 g/mol. The first-order chi connectivity index (χ1) is 11.1. The molecule has 0 atom stereocenters. The second-order valence-corrected chi connectivity index (χ2v) is 8.17. The zero-order valence-electron chi connectivity index (χ0n) is 13.4. The molecule has 0 bridgehead atoms. The van der Waals surface area contributed by atoms with Crippen molar-refractivity contribution in [3.63, 3.8) is 0 Å². The molecule has 1 aliphatic rings. The number of esters is 1. The molecule has 1 N–H and O–H groups in total. The third kappa shape index (κ3) is 4.74. The average Bonchev–Trinajstić information content (AvgIpc) is 3.13. The first-order valence-corrected chi connectivity index (χ1v) is 10.2. The van der Waals surface area contributed by atoms with Gasteiger partial charge in [-0.25, -0.2) is 4.79 Å². The maximum absolute atomic E-state index is 12.2. The van der Waals surface area contributed by atoms with Gasteiger partial charge in [0.15, 0.2) is 0 Å². The minimum atomic E-state index is -0.375. The maximum atomic E-state index is 12.2. The molecule has 0 aromatic carbocycles. The van der Waals surface area contributed by atoms with Crippen molar-refractivity contribution in [2.75, 3.05) is 30.0 Å². The molecule has 0 saturated heterocycles. The summed E-state index contributed by atoms with van der Waals surface area (Å²) in [5.41, 5.74) is 1.38. The summed E-state index contributed by atoms with van der Waals surface area (Å²) < 4.78 is 6.08. The van der Waals surface area contributed by atoms with E-state index in [1.165, 1.54) is 23.1 Å². The molecule has 2 heterocycles. The van der Waals surface area contributed by atoms with Crippen LogP contribution in [0.1, 0.15) is 34.6 Å². The fourth-order valence-corrected chi connectivity index (χ4v) is 5.09. The number of carbonyl (C=O) groups excluding carboxylic acids is 2. The quantitative estimate of drug-likeness (QED) is 0.773. The molecule has 0 radical (unpaired) electrons. The van der Waals surface area contributed by atoms with Crippen LogP contribution in [0.15, 0.2) is 4.99 Å². The van der Waals surface area contributed by atoms with Crippen LogP contribution in [-0.4, -0.2) is 40.9 Å². The van der Waals surface area contributed by atoms with E-state index in [9.17, 15) is 9.59 Å². The lowest BCUT2D eigenvalue weighted by Crippen LogP contribution is -2.17. The predicted octanol–water partition coefficient (Wildman–Crippen LogP) is 3.57. The summed E-state index contributed by atoms with van der Waals surface area (Å²) >= 11 is 4.57. The van der Waals surface area contributed by atoms with E-state index in [0.29, 0.717) is 22.9 Å². The minimum absolute atomic E-state index is 0.125. The molecule has 0 aliphatic carbocycles. The highest BCUT2D eigenvalue weighted by molar-refractivity contribution is 8.39. The van der Waals surface area contributed by atoms with Crippen LogP contribution in [0.3, 0.4) is 0 Å². The second-order valence-electron chi connectivity index (χ2n) is 4.76. The Morgan fingerprint density at radius 3 is 2.78 bits per heavy atom. The fourth-order valence-electron chi connectivity index (χ4n) is 2.13. The molecule has 23 heavy (non-hydrogen) atoms. The summed E-state index contributed by atoms with van der Waals surface area (Å²) in [4.78, 5) is 29.7. The van der Waals surface area contributed by atoms with Gasteiger partial charge in [-0.2, -0.15) is 0 Å². The van der Waals surface area contributed by atoms with Crippen molar-refractivity contribution in [1.82, 2.24) is 0 Å². The van der Waals surface area contributed by atoms with E-state index in [2.05, 4.69) is 10.3 Å².